The van der Waals surface area contributed by atoms with Crippen molar-refractivity contribution in [2.45, 2.75) is 0 Å². The molecule has 0 aliphatic rings. The van der Waals surface area contributed by atoms with Crippen LogP contribution >= 0.6 is 0 Å². The van der Waals surface area contributed by atoms with Crippen LogP contribution in [0, 0.1) is 0 Å². The molecular formula is C56H38N2. The van der Waals surface area contributed by atoms with Crippen LogP contribution in [0.5, 0.6) is 0 Å². The van der Waals surface area contributed by atoms with E-state index in [0.717, 1.165) is 33.8 Å². The third kappa shape index (κ3) is 5.74. The monoisotopic (exact) mass is 738 g/mol. The highest BCUT2D eigenvalue weighted by atomic mass is 15.1. The Hall–Kier alpha value is -7.68. The number of anilines is 3. The lowest BCUT2D eigenvalue weighted by Crippen LogP contribution is -2.11. The Kier molecular flexibility index (Phi) is 8.19. The van der Waals surface area contributed by atoms with Crippen LogP contribution in [0.3, 0.4) is 0 Å². The Morgan fingerprint density at radius 3 is 1.57 bits per heavy atom. The number of benzene rings is 10. The highest BCUT2D eigenvalue weighted by molar-refractivity contribution is 6.11. The first kappa shape index (κ1) is 33.6. The molecule has 1 heterocycles. The zero-order valence-electron chi connectivity index (χ0n) is 31.8. The first-order chi connectivity index (χ1) is 28.8. The molecule has 2 nitrogen and oxygen atoms in total. The van der Waals surface area contributed by atoms with Crippen molar-refractivity contribution in [2.75, 3.05) is 4.90 Å². The first-order valence-corrected chi connectivity index (χ1v) is 19.9. The fourth-order valence-corrected chi connectivity index (χ4v) is 8.87. The third-order valence-electron chi connectivity index (χ3n) is 11.6. The van der Waals surface area contributed by atoms with Gasteiger partial charge in [-0.15, -0.1) is 0 Å². The molecule has 0 amide bonds. The second-order valence-electron chi connectivity index (χ2n) is 14.9. The highest BCUT2D eigenvalue weighted by Gasteiger charge is 2.22. The minimum Gasteiger partial charge on any atom is -0.310 e. The Morgan fingerprint density at radius 2 is 0.828 bits per heavy atom. The van der Waals surface area contributed by atoms with Crippen LogP contribution in [0.25, 0.3) is 82.4 Å². The summed E-state index contributed by atoms with van der Waals surface area (Å²) in [5.74, 6) is 0. The average Bonchev–Trinajstić information content (AvgIpc) is 3.63. The van der Waals surface area contributed by atoms with Crippen molar-refractivity contribution in [3.8, 4) is 39.1 Å². The average molecular weight is 739 g/mol. The van der Waals surface area contributed by atoms with E-state index in [2.05, 4.69) is 240 Å². The van der Waals surface area contributed by atoms with Crippen molar-refractivity contribution in [2.24, 2.45) is 0 Å². The molecule has 272 valence electrons. The fourth-order valence-electron chi connectivity index (χ4n) is 8.87. The minimum absolute atomic E-state index is 1.08. The second-order valence-corrected chi connectivity index (χ2v) is 14.9. The van der Waals surface area contributed by atoms with Crippen LogP contribution in [0.15, 0.2) is 231 Å². The van der Waals surface area contributed by atoms with Crippen molar-refractivity contribution < 1.29 is 0 Å². The summed E-state index contributed by atoms with van der Waals surface area (Å²) >= 11 is 0. The van der Waals surface area contributed by atoms with Gasteiger partial charge < -0.3 is 9.47 Å². The lowest BCUT2D eigenvalue weighted by molar-refractivity contribution is 1.18. The molecular weight excluding hydrogens is 701 g/mol. The van der Waals surface area contributed by atoms with Gasteiger partial charge in [-0.25, -0.2) is 0 Å². The predicted molar refractivity (Wildman–Crippen MR) is 247 cm³/mol. The molecule has 0 atom stereocenters. The maximum absolute atomic E-state index is 2.45. The largest absolute Gasteiger partial charge is 0.310 e. The third-order valence-corrected chi connectivity index (χ3v) is 11.6. The van der Waals surface area contributed by atoms with E-state index in [-0.39, 0.29) is 0 Å². The standard InChI is InChI=1S/C56H38N2/c1-3-15-39(16-4-1)40-29-32-45(33-30-40)57(46-34-35-52-51-25-11-12-28-54(51)58(56(52)38-46)44-21-5-2-6-22-44)55-36-31-43(49-26-13-19-41-17-7-9-23-47(41)49)37-53(55)50-27-14-20-42-18-8-10-24-48(42)50/h1-38H. The molecule has 0 fully saturated rings. The first-order valence-electron chi connectivity index (χ1n) is 19.9. The van der Waals surface area contributed by atoms with Gasteiger partial charge in [0.25, 0.3) is 0 Å². The van der Waals surface area contributed by atoms with Gasteiger partial charge in [-0.3, -0.25) is 0 Å². The quantitative estimate of drug-likeness (QED) is 0.158. The lowest BCUT2D eigenvalue weighted by atomic mass is 9.91. The topological polar surface area (TPSA) is 8.17 Å². The van der Waals surface area contributed by atoms with Gasteiger partial charge in [-0.1, -0.05) is 176 Å². The van der Waals surface area contributed by atoms with Crippen LogP contribution < -0.4 is 4.90 Å². The van der Waals surface area contributed by atoms with Gasteiger partial charge in [0.15, 0.2) is 0 Å². The Morgan fingerprint density at radius 1 is 0.293 bits per heavy atom. The number of rotatable bonds is 7. The molecule has 10 aromatic carbocycles. The summed E-state index contributed by atoms with van der Waals surface area (Å²) in [6.07, 6.45) is 0. The maximum atomic E-state index is 2.45. The number of fused-ring (bicyclic) bond motifs is 5. The molecule has 0 saturated heterocycles. The van der Waals surface area contributed by atoms with Crippen LogP contribution in [-0.2, 0) is 0 Å². The molecule has 0 aliphatic carbocycles. The number of hydrogen-bond donors (Lipinski definition) is 0. The molecule has 0 N–H and O–H groups in total. The van der Waals surface area contributed by atoms with Gasteiger partial charge in [-0.05, 0) is 104 Å². The molecule has 0 unspecified atom stereocenters. The Bertz CT molecular complexity index is 3260. The van der Waals surface area contributed by atoms with Crippen molar-refractivity contribution in [1.29, 1.82) is 0 Å². The smallest absolute Gasteiger partial charge is 0.0561 e. The van der Waals surface area contributed by atoms with Crippen molar-refractivity contribution in [3.05, 3.63) is 231 Å². The van der Waals surface area contributed by atoms with Crippen molar-refractivity contribution >= 4 is 60.4 Å². The van der Waals surface area contributed by atoms with Crippen LogP contribution in [0.2, 0.25) is 0 Å². The summed E-state index contributed by atoms with van der Waals surface area (Å²) in [4.78, 5) is 2.45. The zero-order valence-corrected chi connectivity index (χ0v) is 31.8. The fraction of sp³-hybridized carbons (Fsp3) is 0. The van der Waals surface area contributed by atoms with Gasteiger partial charge in [0.2, 0.25) is 0 Å². The van der Waals surface area contributed by atoms with Gasteiger partial charge in [0, 0.05) is 33.4 Å². The molecule has 0 bridgehead atoms. The molecule has 1 aromatic heterocycles. The van der Waals surface area contributed by atoms with Gasteiger partial charge in [-0.2, -0.15) is 0 Å². The van der Waals surface area contributed by atoms with E-state index >= 15 is 0 Å². The van der Waals surface area contributed by atoms with E-state index in [1.165, 1.54) is 65.7 Å². The normalized spacial score (nSPS) is 11.4. The molecule has 0 aliphatic heterocycles. The summed E-state index contributed by atoms with van der Waals surface area (Å²) < 4.78 is 2.40. The van der Waals surface area contributed by atoms with E-state index < -0.39 is 0 Å². The lowest BCUT2D eigenvalue weighted by Gasteiger charge is -2.29. The number of para-hydroxylation sites is 2. The van der Waals surface area contributed by atoms with Crippen molar-refractivity contribution in [3.63, 3.8) is 0 Å². The van der Waals surface area contributed by atoms with Crippen molar-refractivity contribution in [1.82, 2.24) is 4.57 Å². The van der Waals surface area contributed by atoms with Gasteiger partial charge in [0.05, 0.1) is 16.7 Å². The number of aromatic nitrogens is 1. The van der Waals surface area contributed by atoms with Crippen LogP contribution in [-0.4, -0.2) is 4.57 Å². The molecule has 0 saturated carbocycles. The molecule has 11 rings (SSSR count). The second kappa shape index (κ2) is 14.1. The molecule has 58 heavy (non-hydrogen) atoms. The minimum atomic E-state index is 1.08. The van der Waals surface area contributed by atoms with E-state index in [0.29, 0.717) is 0 Å². The Labute approximate surface area is 338 Å². The van der Waals surface area contributed by atoms with Gasteiger partial charge >= 0.3 is 0 Å². The Balaban J connectivity index is 1.20. The van der Waals surface area contributed by atoms with Crippen LogP contribution in [0.4, 0.5) is 17.1 Å². The summed E-state index contributed by atoms with van der Waals surface area (Å²) in [6.45, 7) is 0. The summed E-state index contributed by atoms with van der Waals surface area (Å²) in [7, 11) is 0. The summed E-state index contributed by atoms with van der Waals surface area (Å²) in [5, 5.41) is 7.38. The van der Waals surface area contributed by atoms with E-state index in [4.69, 9.17) is 0 Å². The predicted octanol–water partition coefficient (Wildman–Crippen LogP) is 15.6. The maximum Gasteiger partial charge on any atom is 0.0561 e. The molecule has 0 spiro atoms. The summed E-state index contributed by atoms with van der Waals surface area (Å²) in [5.41, 5.74) is 13.9. The molecule has 11 aromatic rings. The molecule has 2 heteroatoms. The van der Waals surface area contributed by atoms with Crippen LogP contribution in [0.1, 0.15) is 0 Å². The molecule has 0 radical (unpaired) electrons. The van der Waals surface area contributed by atoms with E-state index in [1.54, 1.807) is 0 Å². The van der Waals surface area contributed by atoms with E-state index in [1.807, 2.05) is 0 Å². The highest BCUT2D eigenvalue weighted by Crippen LogP contribution is 2.46. The summed E-state index contributed by atoms with van der Waals surface area (Å²) in [6, 6.07) is 83.9. The van der Waals surface area contributed by atoms with Gasteiger partial charge in [0.1, 0.15) is 0 Å². The SMILES string of the molecule is c1ccc(-c2ccc(N(c3ccc4c5ccccc5n(-c5ccccc5)c4c3)c3ccc(-c4cccc5ccccc45)cc3-c3cccc4ccccc34)cc2)cc1. The number of nitrogens with zero attached hydrogens (tertiary/aromatic N) is 2. The zero-order chi connectivity index (χ0) is 38.4. The van der Waals surface area contributed by atoms with E-state index in [9.17, 15) is 0 Å². The number of hydrogen-bond acceptors (Lipinski definition) is 1.